The standard InChI is InChI=1S/C11H21NO2/c1-4-5-6-7-10(2)12-9-8-11(13)14-3/h8-10,12H,4-7H2,1-3H3/b9-8+. The summed E-state index contributed by atoms with van der Waals surface area (Å²) in [6.45, 7) is 4.30. The quantitative estimate of drug-likeness (QED) is 0.388. The molecule has 0 aromatic carbocycles. The normalized spacial score (nSPS) is 12.8. The summed E-state index contributed by atoms with van der Waals surface area (Å²) in [5, 5.41) is 3.13. The molecule has 0 aliphatic rings. The van der Waals surface area contributed by atoms with Crippen LogP contribution in [0.5, 0.6) is 0 Å². The van der Waals surface area contributed by atoms with Crippen LogP contribution in [0.3, 0.4) is 0 Å². The van der Waals surface area contributed by atoms with Gasteiger partial charge in [0.25, 0.3) is 0 Å². The average molecular weight is 199 g/mol. The number of ether oxygens (including phenoxy) is 1. The van der Waals surface area contributed by atoms with Gasteiger partial charge in [-0.05, 0) is 13.3 Å². The summed E-state index contributed by atoms with van der Waals surface area (Å²) in [6, 6.07) is 0.419. The summed E-state index contributed by atoms with van der Waals surface area (Å²) in [5.74, 6) is -0.321. The van der Waals surface area contributed by atoms with Gasteiger partial charge in [-0.1, -0.05) is 26.2 Å². The molecule has 0 spiro atoms. The molecule has 1 unspecified atom stereocenters. The highest BCUT2D eigenvalue weighted by molar-refractivity contribution is 5.81. The molecule has 14 heavy (non-hydrogen) atoms. The Hall–Kier alpha value is -0.990. The van der Waals surface area contributed by atoms with Crippen molar-refractivity contribution >= 4 is 5.97 Å². The number of unbranched alkanes of at least 4 members (excludes halogenated alkanes) is 2. The van der Waals surface area contributed by atoms with Gasteiger partial charge in [-0.3, -0.25) is 0 Å². The van der Waals surface area contributed by atoms with E-state index < -0.39 is 0 Å². The van der Waals surface area contributed by atoms with Gasteiger partial charge in [0, 0.05) is 18.3 Å². The molecule has 0 saturated heterocycles. The molecule has 0 aromatic heterocycles. The third-order valence-corrected chi connectivity index (χ3v) is 2.04. The van der Waals surface area contributed by atoms with E-state index in [0.717, 1.165) is 6.42 Å². The van der Waals surface area contributed by atoms with Crippen LogP contribution in [0, 0.1) is 0 Å². The number of esters is 1. The summed E-state index contributed by atoms with van der Waals surface area (Å²) >= 11 is 0. The number of hydrogen-bond acceptors (Lipinski definition) is 3. The minimum Gasteiger partial charge on any atom is -0.466 e. The van der Waals surface area contributed by atoms with Crippen molar-refractivity contribution in [3.8, 4) is 0 Å². The second kappa shape index (κ2) is 8.60. The molecule has 3 heteroatoms. The molecule has 0 aliphatic carbocycles. The van der Waals surface area contributed by atoms with Crippen LogP contribution in [0.2, 0.25) is 0 Å². The maximum absolute atomic E-state index is 10.7. The predicted octanol–water partition coefficient (Wildman–Crippen LogP) is 2.23. The first-order valence-electron chi connectivity index (χ1n) is 5.21. The van der Waals surface area contributed by atoms with E-state index in [-0.39, 0.29) is 5.97 Å². The monoisotopic (exact) mass is 199 g/mol. The molecule has 0 saturated carbocycles. The summed E-state index contributed by atoms with van der Waals surface area (Å²) in [7, 11) is 1.37. The fraction of sp³-hybridized carbons (Fsp3) is 0.727. The van der Waals surface area contributed by atoms with Gasteiger partial charge in [-0.15, -0.1) is 0 Å². The number of hydrogen-bond donors (Lipinski definition) is 1. The Morgan fingerprint density at radius 2 is 2.21 bits per heavy atom. The minimum absolute atomic E-state index is 0.321. The Kier molecular flexibility index (Phi) is 7.99. The molecule has 1 N–H and O–H groups in total. The van der Waals surface area contributed by atoms with E-state index in [1.807, 2.05) is 0 Å². The summed E-state index contributed by atoms with van der Waals surface area (Å²) in [6.07, 6.45) is 7.94. The van der Waals surface area contributed by atoms with Gasteiger partial charge < -0.3 is 10.1 Å². The van der Waals surface area contributed by atoms with Crippen LogP contribution in [0.4, 0.5) is 0 Å². The summed E-state index contributed by atoms with van der Waals surface area (Å²) in [5.41, 5.74) is 0. The van der Waals surface area contributed by atoms with Gasteiger partial charge in [0.15, 0.2) is 0 Å². The first kappa shape index (κ1) is 13.0. The summed E-state index contributed by atoms with van der Waals surface area (Å²) < 4.78 is 4.46. The lowest BCUT2D eigenvalue weighted by Gasteiger charge is -2.10. The van der Waals surface area contributed by atoms with Crippen molar-refractivity contribution in [1.82, 2.24) is 5.32 Å². The number of carbonyl (C=O) groups is 1. The van der Waals surface area contributed by atoms with Crippen LogP contribution in [-0.2, 0) is 9.53 Å². The molecule has 82 valence electrons. The fourth-order valence-electron chi connectivity index (χ4n) is 1.13. The highest BCUT2D eigenvalue weighted by atomic mass is 16.5. The third kappa shape index (κ3) is 7.65. The van der Waals surface area contributed by atoms with E-state index in [9.17, 15) is 4.79 Å². The SMILES string of the molecule is CCCCCC(C)N/C=C/C(=O)OC. The maximum atomic E-state index is 10.7. The Morgan fingerprint density at radius 1 is 1.50 bits per heavy atom. The smallest absolute Gasteiger partial charge is 0.331 e. The second-order valence-corrected chi connectivity index (χ2v) is 3.42. The van der Waals surface area contributed by atoms with Crippen molar-refractivity contribution < 1.29 is 9.53 Å². The van der Waals surface area contributed by atoms with Crippen LogP contribution in [0.1, 0.15) is 39.5 Å². The van der Waals surface area contributed by atoms with E-state index in [1.165, 1.54) is 32.4 Å². The Morgan fingerprint density at radius 3 is 2.79 bits per heavy atom. The van der Waals surface area contributed by atoms with Gasteiger partial charge in [0.2, 0.25) is 0 Å². The zero-order valence-electron chi connectivity index (χ0n) is 9.38. The van der Waals surface area contributed by atoms with Crippen LogP contribution >= 0.6 is 0 Å². The highest BCUT2D eigenvalue weighted by Crippen LogP contribution is 2.02. The Balaban J connectivity index is 3.47. The summed E-state index contributed by atoms with van der Waals surface area (Å²) in [4.78, 5) is 10.7. The Labute approximate surface area is 86.5 Å². The molecule has 0 amide bonds. The first-order valence-corrected chi connectivity index (χ1v) is 5.21. The van der Waals surface area contributed by atoms with E-state index in [4.69, 9.17) is 0 Å². The van der Waals surface area contributed by atoms with Crippen LogP contribution < -0.4 is 5.32 Å². The molecule has 0 radical (unpaired) electrons. The molecule has 0 heterocycles. The lowest BCUT2D eigenvalue weighted by atomic mass is 10.1. The Bertz CT molecular complexity index is 178. The van der Waals surface area contributed by atoms with E-state index in [1.54, 1.807) is 6.20 Å². The highest BCUT2D eigenvalue weighted by Gasteiger charge is 1.97. The van der Waals surface area contributed by atoms with E-state index >= 15 is 0 Å². The molecular formula is C11H21NO2. The third-order valence-electron chi connectivity index (χ3n) is 2.04. The van der Waals surface area contributed by atoms with Crippen LogP contribution in [-0.4, -0.2) is 19.1 Å². The molecule has 0 bridgehead atoms. The number of nitrogens with one attached hydrogen (secondary N) is 1. The van der Waals surface area contributed by atoms with Crippen LogP contribution in [0.25, 0.3) is 0 Å². The first-order chi connectivity index (χ1) is 6.70. The maximum Gasteiger partial charge on any atom is 0.331 e. The second-order valence-electron chi connectivity index (χ2n) is 3.42. The molecule has 0 aromatic rings. The van der Waals surface area contributed by atoms with Crippen molar-refractivity contribution in [2.75, 3.05) is 7.11 Å². The minimum atomic E-state index is -0.321. The lowest BCUT2D eigenvalue weighted by Crippen LogP contribution is -2.20. The zero-order chi connectivity index (χ0) is 10.8. The predicted molar refractivity (Wildman–Crippen MR) is 57.9 cm³/mol. The molecule has 3 nitrogen and oxygen atoms in total. The van der Waals surface area contributed by atoms with Crippen molar-refractivity contribution in [2.24, 2.45) is 0 Å². The van der Waals surface area contributed by atoms with E-state index in [2.05, 4.69) is 23.9 Å². The van der Waals surface area contributed by atoms with Crippen molar-refractivity contribution in [1.29, 1.82) is 0 Å². The van der Waals surface area contributed by atoms with Crippen LogP contribution in [0.15, 0.2) is 12.3 Å². The molecular weight excluding hydrogens is 178 g/mol. The average Bonchev–Trinajstić information content (AvgIpc) is 2.18. The van der Waals surface area contributed by atoms with Gasteiger partial charge in [0.1, 0.15) is 0 Å². The molecule has 0 rings (SSSR count). The van der Waals surface area contributed by atoms with Gasteiger partial charge in [0.05, 0.1) is 7.11 Å². The number of carbonyl (C=O) groups excluding carboxylic acids is 1. The van der Waals surface area contributed by atoms with Crippen molar-refractivity contribution in [3.63, 3.8) is 0 Å². The van der Waals surface area contributed by atoms with Gasteiger partial charge in [-0.25, -0.2) is 4.79 Å². The number of rotatable bonds is 7. The van der Waals surface area contributed by atoms with E-state index in [0.29, 0.717) is 6.04 Å². The van der Waals surface area contributed by atoms with Gasteiger partial charge in [-0.2, -0.15) is 0 Å². The number of methoxy groups -OCH3 is 1. The molecule has 0 aliphatic heterocycles. The lowest BCUT2D eigenvalue weighted by molar-refractivity contribution is -0.134. The van der Waals surface area contributed by atoms with Crippen molar-refractivity contribution in [2.45, 2.75) is 45.6 Å². The molecule has 1 atom stereocenters. The zero-order valence-corrected chi connectivity index (χ0v) is 9.38. The van der Waals surface area contributed by atoms with Gasteiger partial charge >= 0.3 is 5.97 Å². The van der Waals surface area contributed by atoms with Crippen molar-refractivity contribution in [3.05, 3.63) is 12.3 Å². The molecule has 0 fully saturated rings. The topological polar surface area (TPSA) is 38.3 Å². The largest absolute Gasteiger partial charge is 0.466 e. The fourth-order valence-corrected chi connectivity index (χ4v) is 1.13.